The van der Waals surface area contributed by atoms with Crippen molar-refractivity contribution in [2.75, 3.05) is 39.5 Å². The van der Waals surface area contributed by atoms with Gasteiger partial charge in [-0.15, -0.1) is 4.28 Å². The van der Waals surface area contributed by atoms with Gasteiger partial charge in [0.1, 0.15) is 6.04 Å². The number of carbonyl (C=O) groups is 2. The number of urea groups is 1. The van der Waals surface area contributed by atoms with Crippen LogP contribution in [0.3, 0.4) is 0 Å². The summed E-state index contributed by atoms with van der Waals surface area (Å²) in [6.45, 7) is 4.24. The van der Waals surface area contributed by atoms with Gasteiger partial charge in [-0.05, 0) is 19.3 Å². The lowest BCUT2D eigenvalue weighted by Gasteiger charge is -2.29. The summed E-state index contributed by atoms with van der Waals surface area (Å²) >= 11 is 0. The molecule has 0 spiro atoms. The maximum atomic E-state index is 12.5. The fourth-order valence-corrected chi connectivity index (χ4v) is 4.81. The zero-order valence-electron chi connectivity index (χ0n) is 15.8. The van der Waals surface area contributed by atoms with Gasteiger partial charge in [0.25, 0.3) is 5.91 Å². The summed E-state index contributed by atoms with van der Waals surface area (Å²) < 4.78 is 35.0. The lowest BCUT2D eigenvalue weighted by Crippen LogP contribution is -2.50. The molecule has 4 fully saturated rings. The van der Waals surface area contributed by atoms with Crippen molar-refractivity contribution >= 4 is 22.3 Å². The second-order valence-electron chi connectivity index (χ2n) is 7.75. The van der Waals surface area contributed by atoms with Crippen LogP contribution in [0.2, 0.25) is 0 Å². The Hall–Kier alpha value is -1.55. The Morgan fingerprint density at radius 3 is 2.86 bits per heavy atom. The number of fused-ring (bicyclic) bond motifs is 2. The van der Waals surface area contributed by atoms with E-state index in [-0.39, 0.29) is 12.6 Å². The molecule has 4 rings (SSSR count). The van der Waals surface area contributed by atoms with Gasteiger partial charge in [0.05, 0.1) is 12.6 Å². The van der Waals surface area contributed by atoms with Crippen LogP contribution in [0.25, 0.3) is 0 Å². The third kappa shape index (κ3) is 4.63. The molecule has 0 aliphatic carbocycles. The summed E-state index contributed by atoms with van der Waals surface area (Å²) in [4.78, 5) is 33.8. The second kappa shape index (κ2) is 8.29. The average molecular weight is 434 g/mol. The van der Waals surface area contributed by atoms with Crippen LogP contribution in [0.4, 0.5) is 4.79 Å². The number of piperidine rings is 1. The molecule has 4 N–H and O–H groups in total. The van der Waals surface area contributed by atoms with Crippen LogP contribution in [0.15, 0.2) is 0 Å². The highest BCUT2D eigenvalue weighted by molar-refractivity contribution is 7.80. The van der Waals surface area contributed by atoms with Crippen LogP contribution in [-0.2, 0) is 24.3 Å². The minimum absolute atomic E-state index is 0.128. The van der Waals surface area contributed by atoms with E-state index in [1.165, 1.54) is 4.90 Å². The van der Waals surface area contributed by atoms with Crippen LogP contribution < -0.4 is 16.1 Å². The normalized spacial score (nSPS) is 32.9. The fraction of sp³-hybridized carbons (Fsp3) is 0.867. The number of hydrogen-bond acceptors (Lipinski definition) is 9. The maximum Gasteiger partial charge on any atom is 0.418 e. The number of hydrogen-bond donors (Lipinski definition) is 4. The van der Waals surface area contributed by atoms with Gasteiger partial charge in [-0.25, -0.2) is 10.3 Å². The lowest BCUT2D eigenvalue weighted by atomic mass is 10.0. The summed E-state index contributed by atoms with van der Waals surface area (Å²) in [5.74, 6) is -0.469. The van der Waals surface area contributed by atoms with Crippen LogP contribution in [0.1, 0.15) is 19.3 Å². The average Bonchev–Trinajstić information content (AvgIpc) is 3.39. The predicted octanol–water partition coefficient (Wildman–Crippen LogP) is -2.37. The van der Waals surface area contributed by atoms with Crippen molar-refractivity contribution in [2.24, 2.45) is 0 Å². The summed E-state index contributed by atoms with van der Waals surface area (Å²) in [5.41, 5.74) is 2.40. The molecule has 4 saturated heterocycles. The van der Waals surface area contributed by atoms with Crippen LogP contribution in [-0.4, -0.2) is 103 Å². The van der Waals surface area contributed by atoms with Crippen molar-refractivity contribution < 1.29 is 31.7 Å². The Morgan fingerprint density at radius 2 is 2.14 bits per heavy atom. The van der Waals surface area contributed by atoms with Gasteiger partial charge in [0, 0.05) is 44.9 Å². The molecule has 0 saturated carbocycles. The van der Waals surface area contributed by atoms with E-state index in [0.29, 0.717) is 30.6 Å². The number of hydroxylamine groups is 3. The Balaban J connectivity index is 1.23. The molecule has 0 aromatic carbocycles. The number of rotatable bonds is 7. The van der Waals surface area contributed by atoms with E-state index in [4.69, 9.17) is 9.39 Å². The van der Waals surface area contributed by atoms with Gasteiger partial charge >= 0.3 is 16.4 Å². The SMILES string of the molecule is O=C(NOC[C@H]1C[C@@H](N2CCNC2)CN1)[C@@H]1CC[C@@H]2CN1C(=O)N2OS(=O)(=O)O. The Bertz CT molecular complexity index is 745. The number of nitrogens with one attached hydrogen (secondary N) is 3. The van der Waals surface area contributed by atoms with E-state index in [9.17, 15) is 18.0 Å². The first-order valence-electron chi connectivity index (χ1n) is 9.68. The van der Waals surface area contributed by atoms with Crippen molar-refractivity contribution in [1.29, 1.82) is 0 Å². The molecule has 4 heterocycles. The highest BCUT2D eigenvalue weighted by Crippen LogP contribution is 2.30. The van der Waals surface area contributed by atoms with Gasteiger partial charge in [-0.3, -0.25) is 19.1 Å². The van der Waals surface area contributed by atoms with Gasteiger partial charge in [0.2, 0.25) is 0 Å². The molecule has 4 aliphatic heterocycles. The van der Waals surface area contributed by atoms with E-state index in [2.05, 4.69) is 25.3 Å². The minimum Gasteiger partial charge on any atom is -0.310 e. The van der Waals surface area contributed by atoms with Crippen molar-refractivity contribution in [2.45, 2.75) is 43.4 Å². The van der Waals surface area contributed by atoms with Crippen molar-refractivity contribution in [3.8, 4) is 0 Å². The van der Waals surface area contributed by atoms with Gasteiger partial charge in [-0.2, -0.15) is 13.5 Å². The Labute approximate surface area is 168 Å². The quantitative estimate of drug-likeness (QED) is 0.253. The molecular weight excluding hydrogens is 408 g/mol. The van der Waals surface area contributed by atoms with Crippen molar-refractivity contribution in [3.05, 3.63) is 0 Å². The first-order chi connectivity index (χ1) is 13.8. The third-order valence-corrected chi connectivity index (χ3v) is 6.21. The standard InChI is InChI=1S/C15H26N6O7S/c22-14(18-27-8-10-5-12(6-17-10)19-4-3-16-9-19)13-2-1-11-7-20(13)15(23)21(11)28-29(24,25)26/h10-13,16-17H,1-9H2,(H,18,22)(H,24,25,26)/t10-,11-,12-,13+/m1/s1. The predicted molar refractivity (Wildman–Crippen MR) is 97.3 cm³/mol. The third-order valence-electron chi connectivity index (χ3n) is 5.86. The van der Waals surface area contributed by atoms with Gasteiger partial charge < -0.3 is 15.5 Å². The Morgan fingerprint density at radius 1 is 1.31 bits per heavy atom. The first kappa shape index (κ1) is 20.7. The highest BCUT2D eigenvalue weighted by atomic mass is 32.3. The monoisotopic (exact) mass is 434 g/mol. The van der Waals surface area contributed by atoms with Gasteiger partial charge in [0.15, 0.2) is 0 Å². The van der Waals surface area contributed by atoms with Crippen molar-refractivity contribution in [1.82, 2.24) is 31.0 Å². The molecule has 0 radical (unpaired) electrons. The molecule has 0 unspecified atom stereocenters. The molecule has 4 aliphatic rings. The zero-order chi connectivity index (χ0) is 20.6. The number of nitrogens with zero attached hydrogens (tertiary/aromatic N) is 3. The van der Waals surface area contributed by atoms with Crippen LogP contribution in [0.5, 0.6) is 0 Å². The second-order valence-corrected chi connectivity index (χ2v) is 8.76. The fourth-order valence-electron chi connectivity index (χ4n) is 4.42. The molecule has 0 aromatic heterocycles. The largest absolute Gasteiger partial charge is 0.418 e. The van der Waals surface area contributed by atoms with E-state index in [1.54, 1.807) is 0 Å². The smallest absolute Gasteiger partial charge is 0.310 e. The van der Waals surface area contributed by atoms with E-state index in [0.717, 1.165) is 32.7 Å². The molecule has 14 heteroatoms. The molecule has 0 aromatic rings. The summed E-state index contributed by atoms with van der Waals surface area (Å²) in [7, 11) is -4.81. The molecule has 164 valence electrons. The van der Waals surface area contributed by atoms with Crippen LogP contribution in [0, 0.1) is 0 Å². The number of carbonyl (C=O) groups excluding carboxylic acids is 2. The Kier molecular flexibility index (Phi) is 5.92. The maximum absolute atomic E-state index is 12.5. The highest BCUT2D eigenvalue weighted by Gasteiger charge is 2.49. The topological polar surface area (TPSA) is 153 Å². The summed E-state index contributed by atoms with van der Waals surface area (Å²) in [6.07, 6.45) is 1.63. The molecular formula is C15H26N6O7S. The van der Waals surface area contributed by atoms with E-state index >= 15 is 0 Å². The van der Waals surface area contributed by atoms with E-state index < -0.39 is 34.4 Å². The van der Waals surface area contributed by atoms with E-state index in [1.807, 2.05) is 0 Å². The van der Waals surface area contributed by atoms with Crippen LogP contribution >= 0.6 is 0 Å². The van der Waals surface area contributed by atoms with Crippen molar-refractivity contribution in [3.63, 3.8) is 0 Å². The molecule has 3 amide bonds. The summed E-state index contributed by atoms with van der Waals surface area (Å²) in [5, 5.41) is 7.30. The lowest BCUT2D eigenvalue weighted by molar-refractivity contribution is -0.139. The molecule has 29 heavy (non-hydrogen) atoms. The number of amides is 3. The van der Waals surface area contributed by atoms with Gasteiger partial charge in [-0.1, -0.05) is 0 Å². The minimum atomic E-state index is -4.81. The summed E-state index contributed by atoms with van der Waals surface area (Å²) in [6, 6.07) is -1.52. The molecule has 2 bridgehead atoms. The molecule has 13 nitrogen and oxygen atoms in total. The zero-order valence-corrected chi connectivity index (χ0v) is 16.6. The first-order valence-corrected chi connectivity index (χ1v) is 11.0. The molecule has 4 atom stereocenters.